The zero-order valence-electron chi connectivity index (χ0n) is 17.3. The van der Waals surface area contributed by atoms with Crippen LogP contribution in [-0.4, -0.2) is 59.2 Å². The number of hydrogen-bond acceptors (Lipinski definition) is 5. The number of pyridine rings is 1. The maximum absolute atomic E-state index is 12.2. The normalized spacial score (nSPS) is 21.2. The summed E-state index contributed by atoms with van der Waals surface area (Å²) >= 11 is 0. The Morgan fingerprint density at radius 3 is 2.64 bits per heavy atom. The highest BCUT2D eigenvalue weighted by Crippen LogP contribution is 2.33. The van der Waals surface area contributed by atoms with Gasteiger partial charge in [-0.1, -0.05) is 6.08 Å². The van der Waals surface area contributed by atoms with Crippen LogP contribution in [0.3, 0.4) is 0 Å². The molecule has 0 unspecified atom stereocenters. The minimum atomic E-state index is -0.467. The predicted octanol–water partition coefficient (Wildman–Crippen LogP) is 3.50. The zero-order valence-corrected chi connectivity index (χ0v) is 17.3. The molecule has 152 valence electrons. The third kappa shape index (κ3) is 4.66. The van der Waals surface area contributed by atoms with Crippen molar-refractivity contribution in [2.75, 3.05) is 38.5 Å². The lowest BCUT2D eigenvalue weighted by atomic mass is 9.92. The molecule has 1 aliphatic carbocycles. The van der Waals surface area contributed by atoms with Gasteiger partial charge in [0.15, 0.2) is 0 Å². The van der Waals surface area contributed by atoms with Gasteiger partial charge in [-0.15, -0.1) is 0 Å². The Labute approximate surface area is 167 Å². The van der Waals surface area contributed by atoms with E-state index in [1.54, 1.807) is 4.90 Å². The summed E-state index contributed by atoms with van der Waals surface area (Å²) < 4.78 is 5.44. The molecule has 3 heterocycles. The third-order valence-corrected chi connectivity index (χ3v) is 5.69. The molecule has 3 aliphatic rings. The summed E-state index contributed by atoms with van der Waals surface area (Å²) in [7, 11) is 0. The summed E-state index contributed by atoms with van der Waals surface area (Å²) in [6.45, 7) is 10.3. The van der Waals surface area contributed by atoms with Gasteiger partial charge in [-0.25, -0.2) is 9.78 Å². The highest BCUT2D eigenvalue weighted by molar-refractivity contribution is 5.71. The van der Waals surface area contributed by atoms with Crippen molar-refractivity contribution in [2.24, 2.45) is 5.92 Å². The van der Waals surface area contributed by atoms with Crippen LogP contribution in [0.5, 0.6) is 0 Å². The van der Waals surface area contributed by atoms with Crippen LogP contribution < -0.4 is 5.73 Å². The Balaban J connectivity index is 1.38. The minimum Gasteiger partial charge on any atom is -0.444 e. The molecular weight excluding hydrogens is 352 g/mol. The third-order valence-electron chi connectivity index (χ3n) is 5.69. The molecule has 0 spiro atoms. The van der Waals surface area contributed by atoms with Crippen molar-refractivity contribution < 1.29 is 9.53 Å². The van der Waals surface area contributed by atoms with E-state index in [1.807, 2.05) is 26.8 Å². The fourth-order valence-electron chi connectivity index (χ4n) is 3.91. The molecule has 2 fully saturated rings. The van der Waals surface area contributed by atoms with Crippen LogP contribution >= 0.6 is 0 Å². The maximum atomic E-state index is 12.2. The number of rotatable bonds is 4. The number of aromatic nitrogens is 1. The largest absolute Gasteiger partial charge is 0.444 e. The van der Waals surface area contributed by atoms with Gasteiger partial charge in [0.25, 0.3) is 0 Å². The van der Waals surface area contributed by atoms with Gasteiger partial charge in [0.1, 0.15) is 11.4 Å². The first-order valence-electron chi connectivity index (χ1n) is 10.4. The summed E-state index contributed by atoms with van der Waals surface area (Å²) in [6, 6.07) is 4.14. The van der Waals surface area contributed by atoms with Crippen LogP contribution in [0.4, 0.5) is 10.6 Å². The van der Waals surface area contributed by atoms with Crippen LogP contribution in [0.25, 0.3) is 5.57 Å². The number of carbonyl (C=O) groups excluding carboxylic acids is 1. The van der Waals surface area contributed by atoms with Crippen molar-refractivity contribution in [1.82, 2.24) is 14.8 Å². The first kappa shape index (κ1) is 19.2. The number of ether oxygens (including phenoxy) is 1. The molecule has 0 aromatic carbocycles. The second kappa shape index (κ2) is 7.39. The van der Waals surface area contributed by atoms with Gasteiger partial charge in [-0.3, -0.25) is 4.90 Å². The molecule has 2 aliphatic heterocycles. The number of anilines is 1. The minimum absolute atomic E-state index is 0.227. The monoisotopic (exact) mass is 384 g/mol. The molecule has 2 N–H and O–H groups in total. The van der Waals surface area contributed by atoms with E-state index >= 15 is 0 Å². The number of nitrogen functional groups attached to an aromatic ring is 1. The summed E-state index contributed by atoms with van der Waals surface area (Å²) in [5.41, 5.74) is 9.17. The fraction of sp³-hybridized carbons (Fsp3) is 0.636. The van der Waals surface area contributed by atoms with E-state index in [0.29, 0.717) is 18.9 Å². The number of likely N-dealkylation sites (tertiary alicyclic amines) is 1. The molecule has 0 bridgehead atoms. The maximum Gasteiger partial charge on any atom is 0.410 e. The van der Waals surface area contributed by atoms with Gasteiger partial charge < -0.3 is 15.4 Å². The van der Waals surface area contributed by atoms with E-state index in [0.717, 1.165) is 31.1 Å². The van der Waals surface area contributed by atoms with Crippen molar-refractivity contribution in [2.45, 2.75) is 51.6 Å². The van der Waals surface area contributed by atoms with Gasteiger partial charge in [0, 0.05) is 38.6 Å². The quantitative estimate of drug-likeness (QED) is 0.860. The summed E-state index contributed by atoms with van der Waals surface area (Å²) in [5, 5.41) is 0. The first-order valence-corrected chi connectivity index (χ1v) is 10.4. The highest BCUT2D eigenvalue weighted by atomic mass is 16.6. The van der Waals surface area contributed by atoms with E-state index in [-0.39, 0.29) is 12.0 Å². The van der Waals surface area contributed by atoms with E-state index < -0.39 is 5.60 Å². The fourth-order valence-corrected chi connectivity index (χ4v) is 3.91. The molecule has 1 amide bonds. The number of nitrogens with two attached hydrogens (primary N) is 1. The van der Waals surface area contributed by atoms with Crippen LogP contribution in [0.15, 0.2) is 18.2 Å². The van der Waals surface area contributed by atoms with Gasteiger partial charge in [0.05, 0.1) is 5.69 Å². The average Bonchev–Trinajstić information content (AvgIpc) is 3.36. The molecule has 28 heavy (non-hydrogen) atoms. The standard InChI is InChI=1S/C22H32N4O2/c1-22(2,3)28-21(27)26-13-18(14-26)19-10-17(11-20(23)24-19)16-6-8-25(9-7-16)12-15-4-5-15/h6,10-11,15,18H,4-5,7-9,12-14H2,1-3H3,(H2,23,24). The molecule has 1 aromatic heterocycles. The molecule has 0 atom stereocenters. The van der Waals surface area contributed by atoms with Crippen molar-refractivity contribution in [3.8, 4) is 0 Å². The molecule has 0 radical (unpaired) electrons. The number of hydrogen-bond donors (Lipinski definition) is 1. The van der Waals surface area contributed by atoms with Crippen molar-refractivity contribution in [3.05, 3.63) is 29.5 Å². The molecule has 6 heteroatoms. The Kier molecular flexibility index (Phi) is 5.08. The first-order chi connectivity index (χ1) is 13.3. The molecule has 1 aromatic rings. The average molecular weight is 385 g/mol. The molecular formula is C22H32N4O2. The van der Waals surface area contributed by atoms with E-state index in [1.165, 1.54) is 30.5 Å². The molecule has 6 nitrogen and oxygen atoms in total. The topological polar surface area (TPSA) is 71.7 Å². The Hall–Kier alpha value is -2.08. The van der Waals surface area contributed by atoms with Crippen LogP contribution in [0.1, 0.15) is 57.2 Å². The van der Waals surface area contributed by atoms with Crippen molar-refractivity contribution >= 4 is 17.5 Å². The summed E-state index contributed by atoms with van der Waals surface area (Å²) in [4.78, 5) is 21.0. The Morgan fingerprint density at radius 1 is 1.29 bits per heavy atom. The smallest absolute Gasteiger partial charge is 0.410 e. The van der Waals surface area contributed by atoms with E-state index in [4.69, 9.17) is 10.5 Å². The summed E-state index contributed by atoms with van der Waals surface area (Å²) in [6.07, 6.45) is 5.96. The second-order valence-corrected chi connectivity index (χ2v) is 9.47. The summed E-state index contributed by atoms with van der Waals surface area (Å²) in [5.74, 6) is 1.72. The second-order valence-electron chi connectivity index (χ2n) is 9.47. The van der Waals surface area contributed by atoms with Gasteiger partial charge >= 0.3 is 6.09 Å². The van der Waals surface area contributed by atoms with Crippen LogP contribution in [0, 0.1) is 5.92 Å². The lowest BCUT2D eigenvalue weighted by Crippen LogP contribution is -2.50. The molecule has 1 saturated carbocycles. The lowest BCUT2D eigenvalue weighted by Gasteiger charge is -2.39. The number of nitrogens with zero attached hydrogens (tertiary/aromatic N) is 3. The SMILES string of the molecule is CC(C)(C)OC(=O)N1CC(c2cc(C3=CCN(CC4CC4)CC3)cc(N)n2)C1. The molecule has 1 saturated heterocycles. The van der Waals surface area contributed by atoms with Crippen molar-refractivity contribution in [1.29, 1.82) is 0 Å². The highest BCUT2D eigenvalue weighted by Gasteiger charge is 2.35. The van der Waals surface area contributed by atoms with E-state index in [9.17, 15) is 4.79 Å². The Morgan fingerprint density at radius 2 is 2.04 bits per heavy atom. The molecule has 4 rings (SSSR count). The number of carbonyl (C=O) groups is 1. The van der Waals surface area contributed by atoms with Gasteiger partial charge in [-0.05, 0) is 69.2 Å². The predicted molar refractivity (Wildman–Crippen MR) is 111 cm³/mol. The number of amides is 1. The van der Waals surface area contributed by atoms with Gasteiger partial charge in [0.2, 0.25) is 0 Å². The van der Waals surface area contributed by atoms with Crippen LogP contribution in [-0.2, 0) is 4.74 Å². The van der Waals surface area contributed by atoms with E-state index in [2.05, 4.69) is 22.0 Å². The van der Waals surface area contributed by atoms with Crippen LogP contribution in [0.2, 0.25) is 0 Å². The van der Waals surface area contributed by atoms with Gasteiger partial charge in [-0.2, -0.15) is 0 Å². The van der Waals surface area contributed by atoms with Crippen molar-refractivity contribution in [3.63, 3.8) is 0 Å². The Bertz CT molecular complexity index is 773. The zero-order chi connectivity index (χ0) is 19.9. The lowest BCUT2D eigenvalue weighted by molar-refractivity contribution is 0.00789.